The number of benzene rings is 1. The summed E-state index contributed by atoms with van der Waals surface area (Å²) >= 11 is 0. The van der Waals surface area contributed by atoms with E-state index in [1.54, 1.807) is 13.0 Å². The van der Waals surface area contributed by atoms with Gasteiger partial charge in [0.1, 0.15) is 0 Å². The van der Waals surface area contributed by atoms with Crippen LogP contribution in [-0.4, -0.2) is 17.4 Å². The first kappa shape index (κ1) is 16.2. The van der Waals surface area contributed by atoms with Gasteiger partial charge in [0.25, 0.3) is 0 Å². The van der Waals surface area contributed by atoms with Gasteiger partial charge in [0, 0.05) is 19.2 Å². The zero-order chi connectivity index (χ0) is 15.2. The molecule has 0 bridgehead atoms. The molecule has 0 aliphatic heterocycles. The van der Waals surface area contributed by atoms with Gasteiger partial charge in [0.05, 0.1) is 5.54 Å². The van der Waals surface area contributed by atoms with E-state index in [-0.39, 0.29) is 11.8 Å². The molecule has 0 saturated heterocycles. The summed E-state index contributed by atoms with van der Waals surface area (Å²) in [6.07, 6.45) is 1.50. The number of anilines is 1. The Morgan fingerprint density at radius 1 is 1.35 bits per heavy atom. The van der Waals surface area contributed by atoms with E-state index in [1.165, 1.54) is 6.92 Å². The molecule has 0 aliphatic carbocycles. The molecule has 110 valence electrons. The van der Waals surface area contributed by atoms with Gasteiger partial charge in [-0.3, -0.25) is 9.59 Å². The number of hydrogen-bond donors (Lipinski definition) is 3. The summed E-state index contributed by atoms with van der Waals surface area (Å²) in [5, 5.41) is 5.53. The number of nitrogens with one attached hydrogen (secondary N) is 2. The highest BCUT2D eigenvalue weighted by molar-refractivity contribution is 5.88. The van der Waals surface area contributed by atoms with E-state index in [4.69, 9.17) is 5.73 Å². The monoisotopic (exact) mass is 277 g/mol. The van der Waals surface area contributed by atoms with Crippen LogP contribution in [0.2, 0.25) is 0 Å². The summed E-state index contributed by atoms with van der Waals surface area (Å²) in [6.45, 7) is 5.58. The van der Waals surface area contributed by atoms with Gasteiger partial charge in [0.2, 0.25) is 11.8 Å². The summed E-state index contributed by atoms with van der Waals surface area (Å²) < 4.78 is 0. The zero-order valence-electron chi connectivity index (χ0n) is 12.3. The number of amides is 2. The number of carbonyl (C=O) groups excluding carboxylic acids is 2. The Kier molecular flexibility index (Phi) is 5.70. The van der Waals surface area contributed by atoms with E-state index in [0.717, 1.165) is 12.0 Å². The molecule has 1 unspecified atom stereocenters. The maximum absolute atomic E-state index is 12.0. The first-order valence-corrected chi connectivity index (χ1v) is 6.79. The molecule has 0 fully saturated rings. The van der Waals surface area contributed by atoms with Crippen molar-refractivity contribution in [2.75, 3.05) is 5.32 Å². The third-order valence-electron chi connectivity index (χ3n) is 2.99. The minimum Gasteiger partial charge on any atom is -0.350 e. The summed E-state index contributed by atoms with van der Waals surface area (Å²) in [4.78, 5) is 23.0. The third kappa shape index (κ3) is 5.01. The van der Waals surface area contributed by atoms with Gasteiger partial charge in [-0.05, 0) is 31.0 Å². The summed E-state index contributed by atoms with van der Waals surface area (Å²) in [6, 6.07) is 7.35. The van der Waals surface area contributed by atoms with Gasteiger partial charge in [0.15, 0.2) is 0 Å². The van der Waals surface area contributed by atoms with Crippen molar-refractivity contribution in [3.8, 4) is 0 Å². The van der Waals surface area contributed by atoms with Crippen LogP contribution in [0.25, 0.3) is 0 Å². The van der Waals surface area contributed by atoms with Crippen LogP contribution in [0.5, 0.6) is 0 Å². The molecule has 1 aromatic carbocycles. The second-order valence-electron chi connectivity index (χ2n) is 5.23. The Labute approximate surface area is 119 Å². The quantitative estimate of drug-likeness (QED) is 0.741. The van der Waals surface area contributed by atoms with E-state index >= 15 is 0 Å². The molecule has 1 aromatic rings. The van der Waals surface area contributed by atoms with Crippen LogP contribution in [0.4, 0.5) is 5.69 Å². The second-order valence-corrected chi connectivity index (χ2v) is 5.23. The first-order chi connectivity index (χ1) is 9.35. The molecule has 5 heteroatoms. The molecule has 0 radical (unpaired) electrons. The zero-order valence-corrected chi connectivity index (χ0v) is 12.3. The molecule has 0 spiro atoms. The van der Waals surface area contributed by atoms with Crippen molar-refractivity contribution < 1.29 is 9.59 Å². The number of rotatable bonds is 6. The molecule has 20 heavy (non-hydrogen) atoms. The number of carbonyl (C=O) groups is 2. The van der Waals surface area contributed by atoms with Crippen LogP contribution in [0.3, 0.4) is 0 Å². The SMILES string of the molecule is CCCC(C)(N)C(=O)NCc1cccc(NC(C)=O)c1. The molecule has 0 aromatic heterocycles. The lowest BCUT2D eigenvalue weighted by Gasteiger charge is -2.22. The van der Waals surface area contributed by atoms with Crippen LogP contribution in [0.1, 0.15) is 39.2 Å². The molecule has 0 heterocycles. The van der Waals surface area contributed by atoms with Crippen molar-refractivity contribution in [1.29, 1.82) is 0 Å². The van der Waals surface area contributed by atoms with E-state index in [1.807, 2.05) is 25.1 Å². The first-order valence-electron chi connectivity index (χ1n) is 6.79. The fraction of sp³-hybridized carbons (Fsp3) is 0.467. The molecule has 1 atom stereocenters. The topological polar surface area (TPSA) is 84.2 Å². The van der Waals surface area contributed by atoms with E-state index < -0.39 is 5.54 Å². The van der Waals surface area contributed by atoms with Crippen molar-refractivity contribution in [2.24, 2.45) is 5.73 Å². The summed E-state index contributed by atoms with van der Waals surface area (Å²) in [7, 11) is 0. The predicted molar refractivity (Wildman–Crippen MR) is 80.1 cm³/mol. The second kappa shape index (κ2) is 7.05. The smallest absolute Gasteiger partial charge is 0.240 e. The van der Waals surface area contributed by atoms with Crippen molar-refractivity contribution >= 4 is 17.5 Å². The molecule has 0 aliphatic rings. The van der Waals surface area contributed by atoms with E-state index in [0.29, 0.717) is 18.7 Å². The standard InChI is InChI=1S/C15H23N3O2/c1-4-8-15(3,16)14(20)17-10-12-6-5-7-13(9-12)18-11(2)19/h5-7,9H,4,8,10,16H2,1-3H3,(H,17,20)(H,18,19). The lowest BCUT2D eigenvalue weighted by atomic mass is 9.96. The van der Waals surface area contributed by atoms with Crippen molar-refractivity contribution in [2.45, 2.75) is 45.7 Å². The Hall–Kier alpha value is -1.88. The van der Waals surface area contributed by atoms with Crippen LogP contribution in [0.15, 0.2) is 24.3 Å². The Morgan fingerprint density at radius 2 is 2.05 bits per heavy atom. The van der Waals surface area contributed by atoms with Gasteiger partial charge in [-0.2, -0.15) is 0 Å². The van der Waals surface area contributed by atoms with Gasteiger partial charge >= 0.3 is 0 Å². The minimum atomic E-state index is -0.843. The molecule has 0 saturated carbocycles. The van der Waals surface area contributed by atoms with Crippen LogP contribution >= 0.6 is 0 Å². The summed E-state index contributed by atoms with van der Waals surface area (Å²) in [5.41, 5.74) is 6.75. The summed E-state index contributed by atoms with van der Waals surface area (Å²) in [5.74, 6) is -0.284. The Bertz CT molecular complexity index is 484. The minimum absolute atomic E-state index is 0.122. The number of nitrogens with two attached hydrogens (primary N) is 1. The maximum atomic E-state index is 12.0. The van der Waals surface area contributed by atoms with Gasteiger partial charge in [-0.1, -0.05) is 25.5 Å². The normalized spacial score (nSPS) is 13.4. The highest BCUT2D eigenvalue weighted by atomic mass is 16.2. The average Bonchev–Trinajstić information content (AvgIpc) is 2.35. The Morgan fingerprint density at radius 3 is 2.65 bits per heavy atom. The molecule has 4 N–H and O–H groups in total. The van der Waals surface area contributed by atoms with Gasteiger partial charge in [-0.25, -0.2) is 0 Å². The predicted octanol–water partition coefficient (Wildman–Crippen LogP) is 1.78. The van der Waals surface area contributed by atoms with E-state index in [2.05, 4.69) is 10.6 Å². The van der Waals surface area contributed by atoms with Crippen LogP contribution in [-0.2, 0) is 16.1 Å². The molecular formula is C15H23N3O2. The fourth-order valence-electron chi connectivity index (χ4n) is 1.98. The lowest BCUT2D eigenvalue weighted by Crippen LogP contribution is -2.51. The Balaban J connectivity index is 2.61. The molecular weight excluding hydrogens is 254 g/mol. The molecule has 1 rings (SSSR count). The van der Waals surface area contributed by atoms with Crippen molar-refractivity contribution in [1.82, 2.24) is 5.32 Å². The number of hydrogen-bond acceptors (Lipinski definition) is 3. The molecule has 5 nitrogen and oxygen atoms in total. The largest absolute Gasteiger partial charge is 0.350 e. The van der Waals surface area contributed by atoms with Gasteiger partial charge in [-0.15, -0.1) is 0 Å². The van der Waals surface area contributed by atoms with Crippen LogP contribution in [0, 0.1) is 0 Å². The maximum Gasteiger partial charge on any atom is 0.240 e. The van der Waals surface area contributed by atoms with Crippen LogP contribution < -0.4 is 16.4 Å². The highest BCUT2D eigenvalue weighted by Crippen LogP contribution is 2.12. The van der Waals surface area contributed by atoms with Crippen molar-refractivity contribution in [3.63, 3.8) is 0 Å². The van der Waals surface area contributed by atoms with Crippen molar-refractivity contribution in [3.05, 3.63) is 29.8 Å². The fourth-order valence-corrected chi connectivity index (χ4v) is 1.98. The average molecular weight is 277 g/mol. The highest BCUT2D eigenvalue weighted by Gasteiger charge is 2.26. The third-order valence-corrected chi connectivity index (χ3v) is 2.99. The molecule has 2 amide bonds. The van der Waals surface area contributed by atoms with Gasteiger partial charge < -0.3 is 16.4 Å². The van der Waals surface area contributed by atoms with E-state index in [9.17, 15) is 9.59 Å². The lowest BCUT2D eigenvalue weighted by molar-refractivity contribution is -0.126.